The summed E-state index contributed by atoms with van der Waals surface area (Å²) in [7, 11) is 0. The molecule has 22 heavy (non-hydrogen) atoms. The second-order valence-corrected chi connectivity index (χ2v) is 6.36. The number of ether oxygens (including phenoxy) is 1. The molecule has 0 saturated heterocycles. The van der Waals surface area contributed by atoms with E-state index in [0.717, 1.165) is 20.7 Å². The van der Waals surface area contributed by atoms with Crippen LogP contribution in [-0.4, -0.2) is 11.0 Å². The van der Waals surface area contributed by atoms with E-state index in [1.54, 1.807) is 23.5 Å². The van der Waals surface area contributed by atoms with E-state index < -0.39 is 0 Å². The molecule has 3 nitrogen and oxygen atoms in total. The van der Waals surface area contributed by atoms with Crippen LogP contribution in [0.25, 0.3) is 20.7 Å². The summed E-state index contributed by atoms with van der Waals surface area (Å²) >= 11 is 7.01. The zero-order valence-electron chi connectivity index (χ0n) is 12.1. The van der Waals surface area contributed by atoms with Gasteiger partial charge in [-0.05, 0) is 43.3 Å². The molecule has 0 fully saturated rings. The lowest BCUT2D eigenvalue weighted by molar-refractivity contribution is -0.131. The van der Waals surface area contributed by atoms with Gasteiger partial charge in [0.15, 0.2) is 0 Å². The average Bonchev–Trinajstić information content (AvgIpc) is 2.48. The maximum atomic E-state index is 10.9. The highest BCUT2D eigenvalue weighted by atomic mass is 32.1. The molecule has 0 unspecified atom stereocenters. The molecule has 3 rings (SSSR count). The highest BCUT2D eigenvalue weighted by molar-refractivity contribution is 7.71. The van der Waals surface area contributed by atoms with Crippen molar-refractivity contribution in [3.05, 3.63) is 52.7 Å². The fourth-order valence-electron chi connectivity index (χ4n) is 2.13. The van der Waals surface area contributed by atoms with Crippen molar-refractivity contribution in [2.24, 2.45) is 0 Å². The molecular formula is C17H13NO2S2. The Balaban J connectivity index is 2.05. The van der Waals surface area contributed by atoms with Crippen molar-refractivity contribution >= 4 is 39.6 Å². The molecule has 2 aromatic carbocycles. The molecule has 0 aliphatic heterocycles. The van der Waals surface area contributed by atoms with Gasteiger partial charge in [0.2, 0.25) is 0 Å². The number of esters is 1. The SMILES string of the molecule is CC(=O)Oc1ccc(-c2nc(=S)c3cc(C)ccc3s2)cc1. The molecule has 1 aromatic heterocycles. The van der Waals surface area contributed by atoms with Crippen LogP contribution in [0.5, 0.6) is 5.75 Å². The van der Waals surface area contributed by atoms with Crippen molar-refractivity contribution in [3.8, 4) is 16.3 Å². The summed E-state index contributed by atoms with van der Waals surface area (Å²) in [5, 5.41) is 1.87. The van der Waals surface area contributed by atoms with Gasteiger partial charge >= 0.3 is 5.97 Å². The van der Waals surface area contributed by atoms with Crippen molar-refractivity contribution < 1.29 is 9.53 Å². The second kappa shape index (κ2) is 5.94. The van der Waals surface area contributed by atoms with Gasteiger partial charge in [0.25, 0.3) is 0 Å². The minimum absolute atomic E-state index is 0.331. The minimum Gasteiger partial charge on any atom is -0.427 e. The highest BCUT2D eigenvalue weighted by Gasteiger charge is 2.06. The van der Waals surface area contributed by atoms with Crippen molar-refractivity contribution in [1.29, 1.82) is 0 Å². The third-order valence-electron chi connectivity index (χ3n) is 3.14. The predicted octanol–water partition coefficient (Wildman–Crippen LogP) is 4.93. The Morgan fingerprint density at radius 3 is 2.59 bits per heavy atom. The summed E-state index contributed by atoms with van der Waals surface area (Å²) < 4.78 is 6.76. The molecule has 0 bridgehead atoms. The Bertz CT molecular complexity index is 914. The third kappa shape index (κ3) is 3.05. The third-order valence-corrected chi connectivity index (χ3v) is 4.55. The molecule has 0 atom stereocenters. The average molecular weight is 327 g/mol. The van der Waals surface area contributed by atoms with E-state index >= 15 is 0 Å². The van der Waals surface area contributed by atoms with Crippen molar-refractivity contribution in [1.82, 2.24) is 4.98 Å². The number of aryl methyl sites for hydroxylation is 1. The smallest absolute Gasteiger partial charge is 0.308 e. The summed E-state index contributed by atoms with van der Waals surface area (Å²) in [5.74, 6) is 0.193. The van der Waals surface area contributed by atoms with Crippen LogP contribution in [0.4, 0.5) is 0 Å². The van der Waals surface area contributed by atoms with E-state index in [4.69, 9.17) is 17.0 Å². The summed E-state index contributed by atoms with van der Waals surface area (Å²) in [6.45, 7) is 3.42. The number of benzene rings is 2. The number of rotatable bonds is 2. The molecule has 1 heterocycles. The van der Waals surface area contributed by atoms with Crippen LogP contribution in [0, 0.1) is 11.6 Å². The lowest BCUT2D eigenvalue weighted by Gasteiger charge is -2.05. The van der Waals surface area contributed by atoms with Gasteiger partial charge in [-0.25, -0.2) is 4.98 Å². The van der Waals surface area contributed by atoms with E-state index in [1.165, 1.54) is 12.5 Å². The largest absolute Gasteiger partial charge is 0.427 e. The minimum atomic E-state index is -0.331. The van der Waals surface area contributed by atoms with Crippen LogP contribution >= 0.6 is 23.6 Å². The Kier molecular flexibility index (Phi) is 4.00. The molecule has 0 saturated carbocycles. The predicted molar refractivity (Wildman–Crippen MR) is 91.9 cm³/mol. The molecule has 0 N–H and O–H groups in total. The van der Waals surface area contributed by atoms with Gasteiger partial charge in [-0.1, -0.05) is 23.8 Å². The summed E-state index contributed by atoms with van der Waals surface area (Å²) in [4.78, 5) is 15.5. The van der Waals surface area contributed by atoms with Crippen LogP contribution in [0.1, 0.15) is 12.5 Å². The molecule has 5 heteroatoms. The van der Waals surface area contributed by atoms with Crippen molar-refractivity contribution in [2.75, 3.05) is 0 Å². The molecule has 0 radical (unpaired) electrons. The zero-order valence-corrected chi connectivity index (χ0v) is 13.8. The van der Waals surface area contributed by atoms with E-state index in [-0.39, 0.29) is 5.97 Å². The first kappa shape index (κ1) is 14.8. The first-order valence-corrected chi connectivity index (χ1v) is 7.96. The Morgan fingerprint density at radius 1 is 1.18 bits per heavy atom. The Morgan fingerprint density at radius 2 is 1.91 bits per heavy atom. The van der Waals surface area contributed by atoms with Gasteiger partial charge in [0, 0.05) is 22.6 Å². The fourth-order valence-corrected chi connectivity index (χ4v) is 3.52. The van der Waals surface area contributed by atoms with Gasteiger partial charge in [0.1, 0.15) is 15.4 Å². The van der Waals surface area contributed by atoms with Gasteiger partial charge < -0.3 is 4.74 Å². The van der Waals surface area contributed by atoms with Crippen molar-refractivity contribution in [2.45, 2.75) is 13.8 Å². The molecule has 0 aliphatic rings. The van der Waals surface area contributed by atoms with Crippen LogP contribution in [0.15, 0.2) is 42.5 Å². The highest BCUT2D eigenvalue weighted by Crippen LogP contribution is 2.30. The van der Waals surface area contributed by atoms with Crippen molar-refractivity contribution in [3.63, 3.8) is 0 Å². The Hall–Kier alpha value is -2.11. The summed E-state index contributed by atoms with van der Waals surface area (Å²) in [5.41, 5.74) is 2.13. The lowest BCUT2D eigenvalue weighted by Crippen LogP contribution is -2.00. The van der Waals surface area contributed by atoms with Gasteiger partial charge in [-0.3, -0.25) is 4.79 Å². The molecule has 0 amide bonds. The van der Waals surface area contributed by atoms with Crippen LogP contribution in [0.2, 0.25) is 0 Å². The van der Waals surface area contributed by atoms with E-state index in [0.29, 0.717) is 10.4 Å². The maximum absolute atomic E-state index is 10.9. The number of carbonyl (C=O) groups excluding carboxylic acids is 1. The molecule has 0 spiro atoms. The van der Waals surface area contributed by atoms with Gasteiger partial charge in [0.05, 0.1) is 0 Å². The monoisotopic (exact) mass is 327 g/mol. The van der Waals surface area contributed by atoms with Gasteiger partial charge in [-0.2, -0.15) is 0 Å². The lowest BCUT2D eigenvalue weighted by atomic mass is 10.2. The first-order chi connectivity index (χ1) is 10.5. The van der Waals surface area contributed by atoms with Crippen LogP contribution < -0.4 is 4.74 Å². The second-order valence-electron chi connectivity index (χ2n) is 4.94. The number of fused-ring (bicyclic) bond motifs is 1. The number of aromatic nitrogens is 1. The topological polar surface area (TPSA) is 39.2 Å². The number of hydrogen-bond acceptors (Lipinski definition) is 5. The number of carbonyl (C=O) groups is 1. The van der Waals surface area contributed by atoms with E-state index in [2.05, 4.69) is 23.2 Å². The van der Waals surface area contributed by atoms with Crippen LogP contribution in [-0.2, 0) is 4.79 Å². The van der Waals surface area contributed by atoms with E-state index in [9.17, 15) is 4.79 Å². The first-order valence-electron chi connectivity index (χ1n) is 6.73. The maximum Gasteiger partial charge on any atom is 0.308 e. The Labute approximate surface area is 137 Å². The molecule has 3 aromatic rings. The normalized spacial score (nSPS) is 10.6. The molecular weight excluding hydrogens is 314 g/mol. The molecule has 110 valence electrons. The zero-order chi connectivity index (χ0) is 15.7. The van der Waals surface area contributed by atoms with Crippen LogP contribution in [0.3, 0.4) is 0 Å². The number of hydrogen-bond donors (Lipinski definition) is 0. The summed E-state index contributed by atoms with van der Waals surface area (Å²) in [6.07, 6.45) is 0. The summed E-state index contributed by atoms with van der Waals surface area (Å²) in [6, 6.07) is 13.5. The quantitative estimate of drug-likeness (QED) is 0.380. The standard InChI is InChI=1S/C17H13NO2S2/c1-10-3-8-15-14(9-10)16(21)18-17(22-15)12-4-6-13(7-5-12)20-11(2)19/h3-9H,1-2H3. The van der Waals surface area contributed by atoms with Gasteiger partial charge in [-0.15, -0.1) is 11.3 Å². The van der Waals surface area contributed by atoms with E-state index in [1.807, 2.05) is 19.1 Å². The fraction of sp³-hybridized carbons (Fsp3) is 0.118. The number of nitrogens with zero attached hydrogens (tertiary/aromatic N) is 1. The molecule has 0 aliphatic carbocycles.